The zero-order chi connectivity index (χ0) is 21.7. The number of benzene rings is 2. The largest absolute Gasteiger partial charge is 0.469 e. The van der Waals surface area contributed by atoms with Crippen molar-refractivity contribution < 1.29 is 32.2 Å². The third kappa shape index (κ3) is 4.97. The molecule has 0 aliphatic rings. The molecular weight excluding hydrogens is 455 g/mol. The predicted molar refractivity (Wildman–Crippen MR) is 103 cm³/mol. The van der Waals surface area contributed by atoms with Gasteiger partial charge < -0.3 is 14.8 Å². The molecule has 0 unspecified atom stereocenters. The molecule has 0 aliphatic heterocycles. The quantitative estimate of drug-likeness (QED) is 0.609. The Morgan fingerprint density at radius 3 is 2.10 bits per heavy atom. The highest BCUT2D eigenvalue weighted by Crippen LogP contribution is 2.42. The smallest absolute Gasteiger partial charge is 0.430 e. The van der Waals surface area contributed by atoms with Gasteiger partial charge in [-0.25, -0.2) is 0 Å². The molecule has 0 heterocycles. The summed E-state index contributed by atoms with van der Waals surface area (Å²) < 4.78 is 52.3. The van der Waals surface area contributed by atoms with E-state index >= 15 is 0 Å². The number of nitrogens with one attached hydrogen (secondary N) is 1. The van der Waals surface area contributed by atoms with Gasteiger partial charge in [0.05, 0.1) is 19.6 Å². The Kier molecular flexibility index (Phi) is 7.43. The minimum atomic E-state index is -5.05. The first-order valence-corrected chi connectivity index (χ1v) is 9.25. The van der Waals surface area contributed by atoms with Crippen molar-refractivity contribution in [1.29, 1.82) is 0 Å². The van der Waals surface area contributed by atoms with Crippen LogP contribution < -0.4 is 5.32 Å². The number of carbonyl (C=O) groups is 2. The average molecular weight is 474 g/mol. The molecule has 9 heteroatoms. The Balaban J connectivity index is 2.47. The summed E-state index contributed by atoms with van der Waals surface area (Å²) in [5.74, 6) is -2.12. The van der Waals surface area contributed by atoms with Gasteiger partial charge >= 0.3 is 12.1 Å². The maximum atomic E-state index is 14.1. The topological polar surface area (TPSA) is 64.6 Å². The number of carbonyl (C=O) groups excluding carboxylic acids is 2. The molecule has 2 rings (SSSR count). The molecule has 0 aliphatic carbocycles. The van der Waals surface area contributed by atoms with Crippen LogP contribution in [0.2, 0.25) is 0 Å². The molecule has 0 fully saturated rings. The fourth-order valence-corrected chi connectivity index (χ4v) is 3.14. The second-order valence-electron chi connectivity index (χ2n) is 6.11. The van der Waals surface area contributed by atoms with Crippen molar-refractivity contribution in [1.82, 2.24) is 5.32 Å². The molecule has 0 bridgehead atoms. The Morgan fingerprint density at radius 2 is 1.62 bits per heavy atom. The monoisotopic (exact) mass is 473 g/mol. The lowest BCUT2D eigenvalue weighted by Gasteiger charge is -2.34. The molecule has 29 heavy (non-hydrogen) atoms. The van der Waals surface area contributed by atoms with Crippen LogP contribution in [0.25, 0.3) is 0 Å². The summed E-state index contributed by atoms with van der Waals surface area (Å²) in [5, 5.41) is 2.31. The molecule has 0 radical (unpaired) electrons. The van der Waals surface area contributed by atoms with Gasteiger partial charge in [-0.05, 0) is 17.7 Å². The average Bonchev–Trinajstić information content (AvgIpc) is 2.68. The maximum absolute atomic E-state index is 14.1. The van der Waals surface area contributed by atoms with Crippen LogP contribution in [0.15, 0.2) is 59.1 Å². The minimum absolute atomic E-state index is 0.351. The summed E-state index contributed by atoms with van der Waals surface area (Å²) in [5.41, 5.74) is -3.18. The molecule has 2 atom stereocenters. The number of amides is 1. The van der Waals surface area contributed by atoms with E-state index in [4.69, 9.17) is 4.74 Å². The van der Waals surface area contributed by atoms with Gasteiger partial charge in [-0.3, -0.25) is 9.59 Å². The number of esters is 1. The van der Waals surface area contributed by atoms with E-state index in [1.54, 1.807) is 24.3 Å². The highest BCUT2D eigenvalue weighted by molar-refractivity contribution is 9.10. The Bertz CT molecular complexity index is 843. The van der Waals surface area contributed by atoms with Crippen LogP contribution >= 0.6 is 15.9 Å². The normalized spacial score (nSPS) is 14.6. The van der Waals surface area contributed by atoms with E-state index in [0.29, 0.717) is 5.56 Å². The maximum Gasteiger partial charge on any atom is 0.430 e. The lowest BCUT2D eigenvalue weighted by molar-refractivity contribution is -0.266. The summed E-state index contributed by atoms with van der Waals surface area (Å²) in [6.45, 7) is 0. The van der Waals surface area contributed by atoms with Gasteiger partial charge in [0.1, 0.15) is 0 Å². The summed E-state index contributed by atoms with van der Waals surface area (Å²) in [6.07, 6.45) is -5.40. The molecule has 2 aromatic carbocycles. The van der Waals surface area contributed by atoms with Gasteiger partial charge in [0.2, 0.25) is 0 Å². The first kappa shape index (κ1) is 22.9. The summed E-state index contributed by atoms with van der Waals surface area (Å²) in [6, 6.07) is 12.0. The van der Waals surface area contributed by atoms with Crippen molar-refractivity contribution in [3.05, 3.63) is 70.2 Å². The molecule has 1 N–H and O–H groups in total. The first-order valence-electron chi connectivity index (χ1n) is 8.46. The summed E-state index contributed by atoms with van der Waals surface area (Å²) in [4.78, 5) is 24.7. The molecular formula is C20H19BrF3NO4. The van der Waals surface area contributed by atoms with Crippen molar-refractivity contribution in [2.24, 2.45) is 0 Å². The molecule has 0 aromatic heterocycles. The third-order valence-corrected chi connectivity index (χ3v) is 4.91. The molecule has 0 saturated carbocycles. The minimum Gasteiger partial charge on any atom is -0.469 e. The van der Waals surface area contributed by atoms with E-state index in [1.807, 2.05) is 0 Å². The van der Waals surface area contributed by atoms with Gasteiger partial charge in [-0.15, -0.1) is 0 Å². The number of hydrogen-bond acceptors (Lipinski definition) is 4. The van der Waals surface area contributed by atoms with Crippen molar-refractivity contribution in [3.63, 3.8) is 0 Å². The van der Waals surface area contributed by atoms with Crippen molar-refractivity contribution in [2.45, 2.75) is 24.2 Å². The second-order valence-corrected chi connectivity index (χ2v) is 7.02. The van der Waals surface area contributed by atoms with Crippen LogP contribution in [-0.2, 0) is 24.7 Å². The molecule has 0 saturated heterocycles. The highest BCUT2D eigenvalue weighted by atomic mass is 79.9. The van der Waals surface area contributed by atoms with Crippen LogP contribution in [0.5, 0.6) is 0 Å². The van der Waals surface area contributed by atoms with Crippen molar-refractivity contribution in [2.75, 3.05) is 14.2 Å². The molecule has 5 nitrogen and oxygen atoms in total. The number of rotatable bonds is 7. The van der Waals surface area contributed by atoms with E-state index in [0.717, 1.165) is 30.8 Å². The predicted octanol–water partition coefficient (Wildman–Crippen LogP) is 4.27. The lowest BCUT2D eigenvalue weighted by atomic mass is 9.90. The standard InChI is InChI=1S/C20H19BrF3NO4/c1-28-17(26)12-16(13-8-10-15(21)11-9-13)25-18(27)19(29-2,20(22,23)24)14-6-4-3-5-7-14/h3-11,16H,12H2,1-2H3,(H,25,27)/t16-,19-/m1/s1. The van der Waals surface area contributed by atoms with Crippen LogP contribution in [0.3, 0.4) is 0 Å². The van der Waals surface area contributed by atoms with Gasteiger partial charge in [-0.2, -0.15) is 13.2 Å². The van der Waals surface area contributed by atoms with E-state index in [2.05, 4.69) is 26.0 Å². The van der Waals surface area contributed by atoms with Gasteiger partial charge in [-0.1, -0.05) is 58.4 Å². The fourth-order valence-electron chi connectivity index (χ4n) is 2.88. The van der Waals surface area contributed by atoms with Crippen LogP contribution in [0.4, 0.5) is 13.2 Å². The van der Waals surface area contributed by atoms with E-state index in [1.165, 1.54) is 18.2 Å². The highest BCUT2D eigenvalue weighted by Gasteiger charge is 2.62. The number of methoxy groups -OCH3 is 2. The number of halogens is 4. The lowest BCUT2D eigenvalue weighted by Crippen LogP contribution is -2.56. The van der Waals surface area contributed by atoms with Gasteiger partial charge in [0.15, 0.2) is 0 Å². The Morgan fingerprint density at radius 1 is 1.03 bits per heavy atom. The van der Waals surface area contributed by atoms with E-state index in [9.17, 15) is 22.8 Å². The van der Waals surface area contributed by atoms with E-state index in [-0.39, 0.29) is 12.0 Å². The van der Waals surface area contributed by atoms with E-state index < -0.39 is 29.7 Å². The molecule has 156 valence electrons. The molecule has 2 aromatic rings. The number of hydrogen-bond donors (Lipinski definition) is 1. The fraction of sp³-hybridized carbons (Fsp3) is 0.300. The number of alkyl halides is 3. The summed E-state index contributed by atoms with van der Waals surface area (Å²) in [7, 11) is 1.97. The van der Waals surface area contributed by atoms with Gasteiger partial charge in [0, 0.05) is 17.1 Å². The first-order chi connectivity index (χ1) is 13.7. The zero-order valence-corrected chi connectivity index (χ0v) is 17.2. The van der Waals surface area contributed by atoms with Crippen LogP contribution in [-0.4, -0.2) is 32.3 Å². The van der Waals surface area contributed by atoms with Crippen molar-refractivity contribution in [3.8, 4) is 0 Å². The number of ether oxygens (including phenoxy) is 2. The molecule has 1 amide bonds. The van der Waals surface area contributed by atoms with Crippen LogP contribution in [0.1, 0.15) is 23.6 Å². The Labute approximate surface area is 174 Å². The third-order valence-electron chi connectivity index (χ3n) is 4.38. The zero-order valence-electron chi connectivity index (χ0n) is 15.6. The summed E-state index contributed by atoms with van der Waals surface area (Å²) >= 11 is 3.26. The van der Waals surface area contributed by atoms with Crippen molar-refractivity contribution >= 4 is 27.8 Å². The second kappa shape index (κ2) is 9.41. The SMILES string of the molecule is COC(=O)C[C@@H](NC(=O)[C@](OC)(c1ccccc1)C(F)(F)F)c1ccc(Br)cc1. The van der Waals surface area contributed by atoms with Crippen LogP contribution in [0, 0.1) is 0 Å². The van der Waals surface area contributed by atoms with Gasteiger partial charge in [0.25, 0.3) is 11.5 Å². The molecule has 0 spiro atoms. The Hall–Kier alpha value is -2.39.